The summed E-state index contributed by atoms with van der Waals surface area (Å²) in [6, 6.07) is 16.8. The van der Waals surface area contributed by atoms with Crippen LogP contribution in [0.4, 0.5) is 0 Å². The number of aliphatic hydroxyl groups excluding tert-OH is 1. The van der Waals surface area contributed by atoms with Crippen LogP contribution in [0.2, 0.25) is 0 Å². The van der Waals surface area contributed by atoms with E-state index in [-0.39, 0.29) is 23.9 Å². The van der Waals surface area contributed by atoms with E-state index in [4.69, 9.17) is 4.74 Å². The molecule has 0 spiro atoms. The summed E-state index contributed by atoms with van der Waals surface area (Å²) in [5.74, 6) is -1.16. The summed E-state index contributed by atoms with van der Waals surface area (Å²) in [5.41, 5.74) is 3.05. The van der Waals surface area contributed by atoms with Gasteiger partial charge in [-0.05, 0) is 43.9 Å². The molecule has 1 amide bonds. The minimum atomic E-state index is -0.599. The monoisotopic (exact) mass is 407 g/mol. The normalized spacial score (nSPS) is 16.6. The van der Waals surface area contributed by atoms with Crippen LogP contribution in [0.15, 0.2) is 65.9 Å². The van der Waals surface area contributed by atoms with E-state index in [9.17, 15) is 14.7 Å². The quantitative estimate of drug-likeness (QED) is 0.672. The lowest BCUT2D eigenvalue weighted by atomic mass is 9.91. The lowest BCUT2D eigenvalue weighted by Crippen LogP contribution is -2.34. The highest BCUT2D eigenvalue weighted by atomic mass is 16.5. The van der Waals surface area contributed by atoms with Gasteiger partial charge in [0.15, 0.2) is 11.5 Å². The van der Waals surface area contributed by atoms with Gasteiger partial charge in [-0.1, -0.05) is 54.6 Å². The van der Waals surface area contributed by atoms with Crippen molar-refractivity contribution in [3.8, 4) is 0 Å². The van der Waals surface area contributed by atoms with E-state index in [1.54, 1.807) is 4.90 Å². The first-order chi connectivity index (χ1) is 14.4. The summed E-state index contributed by atoms with van der Waals surface area (Å²) in [5, 5.41) is 10.7. The maximum Gasteiger partial charge on any atom is 0.290 e. The second-order valence-corrected chi connectivity index (χ2v) is 7.85. The van der Waals surface area contributed by atoms with Gasteiger partial charge in [0.1, 0.15) is 0 Å². The third kappa shape index (κ3) is 4.79. The Bertz CT molecular complexity index is 933. The van der Waals surface area contributed by atoms with Crippen LogP contribution in [-0.4, -0.2) is 41.0 Å². The fourth-order valence-corrected chi connectivity index (χ4v) is 3.81. The van der Waals surface area contributed by atoms with Crippen LogP contribution in [0, 0.1) is 6.92 Å². The number of Topliss-reactive ketones (excluding diaryl/α,β-unsaturated/α-hetero) is 1. The van der Waals surface area contributed by atoms with E-state index in [1.165, 1.54) is 0 Å². The number of nitrogens with zero attached hydrogens (tertiary/aromatic N) is 1. The highest BCUT2D eigenvalue weighted by Gasteiger charge is 2.43. The van der Waals surface area contributed by atoms with Crippen LogP contribution >= 0.6 is 0 Å². The molecule has 158 valence electrons. The molecule has 30 heavy (non-hydrogen) atoms. The van der Waals surface area contributed by atoms with E-state index in [2.05, 4.69) is 0 Å². The molecule has 0 aliphatic carbocycles. The topological polar surface area (TPSA) is 66.8 Å². The lowest BCUT2D eigenvalue weighted by molar-refractivity contribution is -0.130. The number of ether oxygens (including phenoxy) is 1. The van der Waals surface area contributed by atoms with Crippen molar-refractivity contribution in [2.45, 2.75) is 45.8 Å². The Morgan fingerprint density at radius 1 is 1.10 bits per heavy atom. The third-order valence-electron chi connectivity index (χ3n) is 5.35. The first-order valence-corrected chi connectivity index (χ1v) is 10.4. The predicted octanol–water partition coefficient (Wildman–Crippen LogP) is 4.32. The molecule has 1 heterocycles. The Kier molecular flexibility index (Phi) is 7.06. The summed E-state index contributed by atoms with van der Waals surface area (Å²) in [6.45, 7) is 6.45. The minimum absolute atomic E-state index is 0.0353. The Morgan fingerprint density at radius 2 is 1.77 bits per heavy atom. The van der Waals surface area contributed by atoms with Crippen LogP contribution in [0.3, 0.4) is 0 Å². The molecule has 0 aromatic heterocycles. The lowest BCUT2D eigenvalue weighted by Gasteiger charge is -2.28. The molecule has 0 saturated heterocycles. The van der Waals surface area contributed by atoms with Gasteiger partial charge >= 0.3 is 0 Å². The molecular weight excluding hydrogens is 378 g/mol. The van der Waals surface area contributed by atoms with E-state index >= 15 is 0 Å². The van der Waals surface area contributed by atoms with Crippen LogP contribution < -0.4 is 0 Å². The van der Waals surface area contributed by atoms with E-state index < -0.39 is 17.7 Å². The fourth-order valence-electron chi connectivity index (χ4n) is 3.81. The van der Waals surface area contributed by atoms with Gasteiger partial charge < -0.3 is 14.7 Å². The molecule has 1 N–H and O–H groups in total. The van der Waals surface area contributed by atoms with Crippen molar-refractivity contribution in [3.63, 3.8) is 0 Å². The molecule has 0 saturated carbocycles. The van der Waals surface area contributed by atoms with Gasteiger partial charge in [0.2, 0.25) is 0 Å². The number of amides is 1. The SMILES string of the molecule is Cc1ccccc1C1C(C(=O)CCc2ccccc2)=C(O)C(=O)N1CCOC(C)C. The minimum Gasteiger partial charge on any atom is -0.503 e. The smallest absolute Gasteiger partial charge is 0.290 e. The van der Waals surface area contributed by atoms with Gasteiger partial charge in [0.05, 0.1) is 24.3 Å². The van der Waals surface area contributed by atoms with Gasteiger partial charge in [-0.15, -0.1) is 0 Å². The summed E-state index contributed by atoms with van der Waals surface area (Å²) < 4.78 is 5.62. The van der Waals surface area contributed by atoms with E-state index in [1.807, 2.05) is 75.4 Å². The molecule has 0 fully saturated rings. The Balaban J connectivity index is 1.89. The Hall–Kier alpha value is -2.92. The van der Waals surface area contributed by atoms with Gasteiger partial charge in [-0.3, -0.25) is 9.59 Å². The molecule has 1 aliphatic rings. The average molecular weight is 408 g/mol. The summed E-state index contributed by atoms with van der Waals surface area (Å²) in [6.07, 6.45) is 0.824. The summed E-state index contributed by atoms with van der Waals surface area (Å²) >= 11 is 0. The maximum absolute atomic E-state index is 13.2. The van der Waals surface area contributed by atoms with Crippen molar-refractivity contribution in [3.05, 3.63) is 82.6 Å². The summed E-state index contributed by atoms with van der Waals surface area (Å²) in [4.78, 5) is 27.6. The zero-order chi connectivity index (χ0) is 21.7. The number of hydrogen-bond donors (Lipinski definition) is 1. The van der Waals surface area contributed by atoms with Gasteiger partial charge in [0.25, 0.3) is 5.91 Å². The molecule has 0 bridgehead atoms. The fraction of sp³-hybridized carbons (Fsp3) is 0.360. The number of benzene rings is 2. The zero-order valence-electron chi connectivity index (χ0n) is 17.8. The van der Waals surface area contributed by atoms with E-state index in [0.717, 1.165) is 16.7 Å². The standard InChI is InChI=1S/C25H29NO4/c1-17(2)30-16-15-26-23(20-12-8-7-9-18(20)3)22(24(28)25(26)29)21(27)14-13-19-10-5-4-6-11-19/h4-12,17,23,28H,13-16H2,1-3H3. The third-order valence-corrected chi connectivity index (χ3v) is 5.35. The molecule has 1 unspecified atom stereocenters. The molecule has 5 nitrogen and oxygen atoms in total. The molecule has 0 radical (unpaired) electrons. The number of ketones is 1. The number of rotatable bonds is 9. The number of aliphatic hydroxyl groups is 1. The van der Waals surface area contributed by atoms with Crippen LogP contribution in [-0.2, 0) is 20.7 Å². The second-order valence-electron chi connectivity index (χ2n) is 7.85. The molecule has 1 atom stereocenters. The Labute approximate surface area is 178 Å². The highest BCUT2D eigenvalue weighted by Crippen LogP contribution is 2.39. The first-order valence-electron chi connectivity index (χ1n) is 10.4. The van der Waals surface area contributed by atoms with Crippen molar-refractivity contribution < 1.29 is 19.4 Å². The second kappa shape index (κ2) is 9.72. The highest BCUT2D eigenvalue weighted by molar-refractivity contribution is 6.09. The van der Waals surface area contributed by atoms with Gasteiger partial charge in [-0.2, -0.15) is 0 Å². The van der Waals surface area contributed by atoms with Crippen LogP contribution in [0.1, 0.15) is 43.0 Å². The van der Waals surface area contributed by atoms with Crippen molar-refractivity contribution >= 4 is 11.7 Å². The molecule has 1 aliphatic heterocycles. The molecular formula is C25H29NO4. The number of carbonyl (C=O) groups is 2. The van der Waals surface area contributed by atoms with Crippen molar-refractivity contribution in [1.29, 1.82) is 0 Å². The number of carbonyl (C=O) groups excluding carboxylic acids is 2. The predicted molar refractivity (Wildman–Crippen MR) is 116 cm³/mol. The van der Waals surface area contributed by atoms with Gasteiger partial charge in [0, 0.05) is 13.0 Å². The maximum atomic E-state index is 13.2. The van der Waals surface area contributed by atoms with Gasteiger partial charge in [-0.25, -0.2) is 0 Å². The molecule has 3 rings (SSSR count). The molecule has 2 aromatic rings. The van der Waals surface area contributed by atoms with Crippen LogP contribution in [0.5, 0.6) is 0 Å². The Morgan fingerprint density at radius 3 is 2.43 bits per heavy atom. The van der Waals surface area contributed by atoms with Crippen LogP contribution in [0.25, 0.3) is 0 Å². The largest absolute Gasteiger partial charge is 0.503 e. The summed E-state index contributed by atoms with van der Waals surface area (Å²) in [7, 11) is 0. The first kappa shape index (κ1) is 21.8. The van der Waals surface area contributed by atoms with Crippen molar-refractivity contribution in [1.82, 2.24) is 4.90 Å². The average Bonchev–Trinajstić information content (AvgIpc) is 2.98. The molecule has 5 heteroatoms. The number of hydrogen-bond acceptors (Lipinski definition) is 4. The van der Waals surface area contributed by atoms with Crippen molar-refractivity contribution in [2.24, 2.45) is 0 Å². The number of aryl methyl sites for hydroxylation is 2. The van der Waals surface area contributed by atoms with E-state index in [0.29, 0.717) is 19.6 Å². The van der Waals surface area contributed by atoms with Crippen molar-refractivity contribution in [2.75, 3.05) is 13.2 Å². The zero-order valence-corrected chi connectivity index (χ0v) is 17.8. The molecule has 2 aromatic carbocycles.